The van der Waals surface area contributed by atoms with Crippen LogP contribution in [0.4, 0.5) is 48.5 Å². The second kappa shape index (κ2) is 77.8. The van der Waals surface area contributed by atoms with Crippen LogP contribution in [0.1, 0.15) is 233 Å². The van der Waals surface area contributed by atoms with Crippen LogP contribution in [0.15, 0.2) is 72.8 Å². The maximum absolute atomic E-state index is 12.0. The number of alkyl halides is 1. The number of aliphatic carboxylic acids is 1. The van der Waals surface area contributed by atoms with Crippen molar-refractivity contribution in [1.29, 1.82) is 0 Å². The summed E-state index contributed by atoms with van der Waals surface area (Å²) in [6.45, 7) is 36.4. The topological polar surface area (TPSA) is 350 Å². The molecule has 23 nitrogen and oxygen atoms in total. The van der Waals surface area contributed by atoms with Gasteiger partial charge in [0.1, 0.15) is 5.60 Å². The summed E-state index contributed by atoms with van der Waals surface area (Å²) in [5, 5.41) is 22.9. The molecule has 0 spiro atoms. The molecule has 0 aliphatic carbocycles. The number of nitrogen functional groups attached to an aromatic ring is 1. The Morgan fingerprint density at radius 1 is 0.425 bits per heavy atom. The Morgan fingerprint density at radius 3 is 0.973 bits per heavy atom. The molecule has 113 heavy (non-hydrogen) atoms. The third-order valence-corrected chi connectivity index (χ3v) is 24.0. The van der Waals surface area contributed by atoms with Crippen LogP contribution in [-0.4, -0.2) is 146 Å². The van der Waals surface area contributed by atoms with Gasteiger partial charge in [-0.1, -0.05) is 138 Å². The first-order valence-corrected chi connectivity index (χ1v) is 47.6. The fourth-order valence-corrected chi connectivity index (χ4v) is 14.0. The highest BCUT2D eigenvalue weighted by Gasteiger charge is 2.17. The lowest BCUT2D eigenvalue weighted by molar-refractivity contribution is -0.144. The standard InChI is InChI=1S/C21H34N4O4S.C16H26N4O2S.C15H24N2OS.C11H22O2S.C9H18O2S.C6H11BrO2.C5H12S/c1-6-15(2)14-30-13-7-8-18(26)22-16-9-11-17(12-10-16)23-19(27)24-25-20(28)29-21(3,4)5;1-3-12(2)11-23-10-4-5-15(21)18-13-6-8-14(9-7-13)19-16(22)20-17;1-3-12(2)11-19-10-4-5-15(18)17-14-8-6-13(16)7-9-14;1-4-10(3)9-14-8-6-7-11(12)13-5-2;1-3-8(2)7-12-6-4-5-9(10)11;1-2-9-6(8)4-3-5-7;1-3-5(2)4-6/h9-12,15H,6-8,13-14H2,1-5H3,(H,22,26)(H,25,28)(H2,23,24,27);6-9,12H,3-5,10-11,17H2,1-2H3,(H,18,21)(H2,19,20,22);6-9,12H,3-5,10-11,16H2,1-2H3,(H,17,18);10H,4-9H2,1-3H3;8H,3-7H2,1-2H3,(H,10,11);2-5H2,1H3;5-6H,3-4H2,1-2H3. The highest BCUT2D eigenvalue weighted by molar-refractivity contribution is 9.09. The molecule has 6 unspecified atom stereocenters. The maximum Gasteiger partial charge on any atom is 0.426 e. The second-order valence-corrected chi connectivity index (χ2v) is 35.1. The van der Waals surface area contributed by atoms with Crippen molar-refractivity contribution in [2.24, 2.45) is 41.4 Å². The molecule has 8 amide bonds. The zero-order chi connectivity index (χ0) is 86.1. The van der Waals surface area contributed by atoms with E-state index in [4.69, 9.17) is 26.2 Å². The molecule has 6 atom stereocenters. The number of hydrogen-bond acceptors (Lipinski definition) is 20. The monoisotopic (exact) mass is 1760 g/mol. The molecule has 0 aliphatic heterocycles. The van der Waals surface area contributed by atoms with E-state index in [1.807, 2.05) is 90.2 Å². The highest BCUT2D eigenvalue weighted by atomic mass is 79.9. The molecule has 0 bridgehead atoms. The molecule has 30 heteroatoms. The number of benzene rings is 3. The number of hydrogen-bond donors (Lipinski definition) is 12. The normalized spacial score (nSPS) is 12.0. The van der Waals surface area contributed by atoms with E-state index in [9.17, 15) is 43.2 Å². The molecule has 0 heterocycles. The molecule has 3 aromatic rings. The van der Waals surface area contributed by atoms with Gasteiger partial charge in [0.15, 0.2) is 0 Å². The van der Waals surface area contributed by atoms with Crippen molar-refractivity contribution >= 4 is 175 Å². The van der Waals surface area contributed by atoms with Crippen LogP contribution in [0.2, 0.25) is 0 Å². The maximum atomic E-state index is 12.0. The lowest BCUT2D eigenvalue weighted by atomic mass is 10.2. The smallest absolute Gasteiger partial charge is 0.426 e. The minimum absolute atomic E-state index is 0.00884. The fraction of sp³-hybridized carbons (Fsp3) is 0.675. The number of esters is 2. The van der Waals surface area contributed by atoms with Gasteiger partial charge >= 0.3 is 36.1 Å². The molecule has 650 valence electrons. The van der Waals surface area contributed by atoms with Crippen molar-refractivity contribution in [2.45, 2.75) is 239 Å². The Morgan fingerprint density at radius 2 is 0.708 bits per heavy atom. The molecule has 0 radical (unpaired) electrons. The molecule has 0 saturated carbocycles. The molecule has 0 fully saturated rings. The van der Waals surface area contributed by atoms with Crippen molar-refractivity contribution in [3.63, 3.8) is 0 Å². The summed E-state index contributed by atoms with van der Waals surface area (Å²) >= 11 is 16.9. The van der Waals surface area contributed by atoms with E-state index in [-0.39, 0.29) is 29.7 Å². The Balaban J connectivity index is -0.000000645. The van der Waals surface area contributed by atoms with E-state index in [0.717, 1.165) is 131 Å². The quantitative estimate of drug-likeness (QED) is 0.00288. The number of urea groups is 2. The fourth-order valence-electron chi connectivity index (χ4n) is 7.72. The van der Waals surface area contributed by atoms with Crippen LogP contribution in [-0.2, 0) is 43.0 Å². The number of carbonyl (C=O) groups excluding carboxylic acids is 8. The summed E-state index contributed by atoms with van der Waals surface area (Å²) in [4.78, 5) is 102. The van der Waals surface area contributed by atoms with E-state index < -0.39 is 29.7 Å². The van der Waals surface area contributed by atoms with Crippen molar-refractivity contribution in [3.8, 4) is 0 Å². The molecule has 3 aromatic carbocycles. The minimum atomic E-state index is -0.756. The van der Waals surface area contributed by atoms with Gasteiger partial charge in [-0.3, -0.25) is 34.2 Å². The van der Waals surface area contributed by atoms with Gasteiger partial charge in [0.25, 0.3) is 0 Å². The van der Waals surface area contributed by atoms with Gasteiger partial charge in [-0.2, -0.15) is 71.4 Å². The van der Waals surface area contributed by atoms with Crippen LogP contribution in [0, 0.1) is 35.5 Å². The number of anilines is 6. The number of carboxylic acids is 1. The largest absolute Gasteiger partial charge is 0.481 e. The lowest BCUT2D eigenvalue weighted by Gasteiger charge is -2.19. The number of thioether (sulfide) groups is 5. The summed E-state index contributed by atoms with van der Waals surface area (Å²) in [6.07, 6.45) is 14.8. The molecule has 0 aromatic heterocycles. The summed E-state index contributed by atoms with van der Waals surface area (Å²) < 4.78 is 14.5. The summed E-state index contributed by atoms with van der Waals surface area (Å²) in [5.41, 5.74) is 15.3. The number of halogens is 1. The van der Waals surface area contributed by atoms with Crippen molar-refractivity contribution < 1.29 is 62.5 Å². The molecule has 3 rings (SSSR count). The van der Waals surface area contributed by atoms with Crippen LogP contribution < -0.4 is 54.4 Å². The Hall–Kier alpha value is -5.37. The Bertz CT molecular complexity index is 2890. The van der Waals surface area contributed by atoms with Crippen LogP contribution in [0.3, 0.4) is 0 Å². The molecular weight excluding hydrogens is 1620 g/mol. The first-order chi connectivity index (χ1) is 53.7. The Kier molecular flexibility index (Phi) is 78.5. The zero-order valence-corrected chi connectivity index (χ0v) is 77.9. The predicted molar refractivity (Wildman–Crippen MR) is 495 cm³/mol. The van der Waals surface area contributed by atoms with Crippen molar-refractivity contribution in [2.75, 3.05) is 114 Å². The van der Waals surface area contributed by atoms with Gasteiger partial charge < -0.3 is 51.6 Å². The summed E-state index contributed by atoms with van der Waals surface area (Å²) in [5.74, 6) is 20.8. The number of carbonyl (C=O) groups is 9. The first kappa shape index (κ1) is 114. The van der Waals surface area contributed by atoms with E-state index in [0.29, 0.717) is 86.1 Å². The summed E-state index contributed by atoms with van der Waals surface area (Å²) in [6, 6.07) is 19.7. The van der Waals surface area contributed by atoms with Crippen molar-refractivity contribution in [3.05, 3.63) is 72.8 Å². The van der Waals surface area contributed by atoms with Crippen molar-refractivity contribution in [1.82, 2.24) is 16.3 Å². The number of carboxylic acid groups (broad SMARTS) is 1. The molecule has 0 aliphatic rings. The van der Waals surface area contributed by atoms with Crippen LogP contribution >= 0.6 is 87.4 Å². The average Bonchev–Trinajstić information content (AvgIpc) is 0.902. The Labute approximate surface area is 716 Å². The van der Waals surface area contributed by atoms with Gasteiger partial charge in [0.05, 0.1) is 13.2 Å². The third-order valence-electron chi connectivity index (χ3n) is 15.9. The lowest BCUT2D eigenvalue weighted by Crippen LogP contribution is -2.46. The second-order valence-electron chi connectivity index (χ2n) is 28.2. The number of nitrogens with one attached hydrogen (secondary N) is 8. The van der Waals surface area contributed by atoms with E-state index in [1.165, 1.54) is 50.0 Å². The highest BCUT2D eigenvalue weighted by Crippen LogP contribution is 2.21. The summed E-state index contributed by atoms with van der Waals surface area (Å²) in [7, 11) is 0. The average molecular weight is 1770 g/mol. The first-order valence-electron chi connectivity index (χ1n) is 40.1. The molecule has 0 saturated heterocycles. The number of amides is 8. The minimum Gasteiger partial charge on any atom is -0.481 e. The van der Waals surface area contributed by atoms with Gasteiger partial charge in [-0.05, 0) is 245 Å². The SMILES string of the molecule is CCC(C)CS.CCC(C)CSCCCC(=O)Nc1ccc(N)cc1.CCC(C)CSCCCC(=O)Nc1ccc(NC(=O)NN)cc1.CCC(C)CSCCCC(=O)Nc1ccc(NC(=O)NNC(=O)OC(C)(C)C)cc1.CCC(C)CSCCCC(=O)O.CCOC(=O)CCCBr.CCOC(=O)CCCSCC(C)CC. The number of hydrazine groups is 2. The number of rotatable bonds is 47. The number of ether oxygens (including phenoxy) is 3. The third kappa shape index (κ3) is 80.2. The molecular formula is C83H147BrN10O13S6. The van der Waals surface area contributed by atoms with Gasteiger partial charge in [0, 0.05) is 78.0 Å². The van der Waals surface area contributed by atoms with Gasteiger partial charge in [-0.15, -0.1) is 0 Å². The predicted octanol–water partition coefficient (Wildman–Crippen LogP) is 21.1. The van der Waals surface area contributed by atoms with E-state index in [2.05, 4.69) is 154 Å². The van der Waals surface area contributed by atoms with E-state index >= 15 is 0 Å². The van der Waals surface area contributed by atoms with Gasteiger partial charge in [0.2, 0.25) is 17.7 Å². The van der Waals surface area contributed by atoms with Crippen LogP contribution in [0.5, 0.6) is 0 Å². The van der Waals surface area contributed by atoms with E-state index in [1.54, 1.807) is 81.4 Å². The molecule has 13 N–H and O–H groups in total. The number of thiol groups is 1. The number of nitrogens with two attached hydrogens (primary N) is 2. The van der Waals surface area contributed by atoms with Crippen LogP contribution in [0.25, 0.3) is 0 Å². The zero-order valence-electron chi connectivity index (χ0n) is 71.4. The van der Waals surface area contributed by atoms with Gasteiger partial charge in [-0.25, -0.2) is 31.1 Å².